The van der Waals surface area contributed by atoms with E-state index < -0.39 is 17.3 Å². The van der Waals surface area contributed by atoms with E-state index in [0.717, 1.165) is 0 Å². The van der Waals surface area contributed by atoms with E-state index in [9.17, 15) is 14.7 Å². The molecule has 1 aromatic rings. The van der Waals surface area contributed by atoms with Gasteiger partial charge in [0, 0.05) is 17.5 Å². The molecule has 134 valence electrons. The molecule has 1 spiro atoms. The molecule has 1 fully saturated rings. The molecule has 7 heteroatoms. The van der Waals surface area contributed by atoms with Gasteiger partial charge < -0.3 is 24.2 Å². The lowest BCUT2D eigenvalue weighted by Gasteiger charge is -2.52. The number of amides is 1. The van der Waals surface area contributed by atoms with Crippen LogP contribution in [0.3, 0.4) is 0 Å². The Morgan fingerprint density at radius 2 is 2.08 bits per heavy atom. The van der Waals surface area contributed by atoms with Crippen LogP contribution in [0.25, 0.3) is 0 Å². The Morgan fingerprint density at radius 3 is 2.76 bits per heavy atom. The molecule has 3 aliphatic heterocycles. The van der Waals surface area contributed by atoms with Gasteiger partial charge in [-0.2, -0.15) is 0 Å². The Hall–Kier alpha value is -2.28. The SMILES string of the molecule is CC(C)(C)OC(=O)N1CC2(CC(O)c3ccc4c(c3O2)COC4=O)C1. The van der Waals surface area contributed by atoms with Gasteiger partial charge in [-0.05, 0) is 26.8 Å². The maximum absolute atomic E-state index is 12.1. The summed E-state index contributed by atoms with van der Waals surface area (Å²) in [6, 6.07) is 3.38. The van der Waals surface area contributed by atoms with Crippen LogP contribution in [0.5, 0.6) is 5.75 Å². The van der Waals surface area contributed by atoms with Crippen LogP contribution < -0.4 is 4.74 Å². The topological polar surface area (TPSA) is 85.3 Å². The Morgan fingerprint density at radius 1 is 1.36 bits per heavy atom. The molecule has 0 bridgehead atoms. The van der Waals surface area contributed by atoms with Crippen molar-refractivity contribution >= 4 is 12.1 Å². The molecule has 25 heavy (non-hydrogen) atoms. The number of carbonyl (C=O) groups is 2. The zero-order valence-electron chi connectivity index (χ0n) is 14.5. The average molecular weight is 347 g/mol. The van der Waals surface area contributed by atoms with Crippen molar-refractivity contribution in [1.29, 1.82) is 0 Å². The summed E-state index contributed by atoms with van der Waals surface area (Å²) in [6.07, 6.45) is -0.697. The van der Waals surface area contributed by atoms with Crippen LogP contribution in [0.4, 0.5) is 4.79 Å². The van der Waals surface area contributed by atoms with Gasteiger partial charge in [-0.15, -0.1) is 0 Å². The lowest BCUT2D eigenvalue weighted by atomic mass is 9.82. The maximum atomic E-state index is 12.1. The molecule has 1 unspecified atom stereocenters. The van der Waals surface area contributed by atoms with Gasteiger partial charge in [-0.3, -0.25) is 0 Å². The fourth-order valence-electron chi connectivity index (χ4n) is 3.60. The molecule has 3 heterocycles. The lowest BCUT2D eigenvalue weighted by Crippen LogP contribution is -2.68. The number of cyclic esters (lactones) is 1. The molecule has 1 atom stereocenters. The number of likely N-dealkylation sites (tertiary alicyclic amines) is 1. The minimum absolute atomic E-state index is 0.149. The van der Waals surface area contributed by atoms with Crippen LogP contribution in [0.2, 0.25) is 0 Å². The van der Waals surface area contributed by atoms with Gasteiger partial charge in [0.2, 0.25) is 0 Å². The maximum Gasteiger partial charge on any atom is 0.410 e. The van der Waals surface area contributed by atoms with Crippen LogP contribution in [0, 0.1) is 0 Å². The number of fused-ring (bicyclic) bond motifs is 3. The van der Waals surface area contributed by atoms with E-state index in [4.69, 9.17) is 14.2 Å². The van der Waals surface area contributed by atoms with Crippen molar-refractivity contribution in [2.45, 2.75) is 51.1 Å². The van der Waals surface area contributed by atoms with Crippen molar-refractivity contribution in [1.82, 2.24) is 4.90 Å². The van der Waals surface area contributed by atoms with E-state index >= 15 is 0 Å². The molecule has 3 aliphatic rings. The second-order valence-electron chi connectivity index (χ2n) is 7.93. The number of hydrogen-bond donors (Lipinski definition) is 1. The van der Waals surface area contributed by atoms with Crippen molar-refractivity contribution in [3.05, 3.63) is 28.8 Å². The Balaban J connectivity index is 1.55. The number of esters is 1. The molecule has 4 rings (SSSR count). The molecular formula is C18H21NO6. The second-order valence-corrected chi connectivity index (χ2v) is 7.93. The summed E-state index contributed by atoms with van der Waals surface area (Å²) in [5, 5.41) is 10.5. The van der Waals surface area contributed by atoms with E-state index in [0.29, 0.717) is 42.0 Å². The zero-order valence-corrected chi connectivity index (χ0v) is 14.5. The molecular weight excluding hydrogens is 326 g/mol. The van der Waals surface area contributed by atoms with E-state index in [1.807, 2.05) is 20.8 Å². The number of aliphatic hydroxyl groups is 1. The summed E-state index contributed by atoms with van der Waals surface area (Å²) in [6.45, 7) is 6.29. The quantitative estimate of drug-likeness (QED) is 0.724. The van der Waals surface area contributed by atoms with Crippen molar-refractivity contribution < 1.29 is 28.9 Å². The van der Waals surface area contributed by atoms with Gasteiger partial charge in [0.1, 0.15) is 23.6 Å². The first kappa shape index (κ1) is 16.2. The van der Waals surface area contributed by atoms with Crippen molar-refractivity contribution in [3.63, 3.8) is 0 Å². The molecule has 0 radical (unpaired) electrons. The second kappa shape index (κ2) is 5.11. The van der Waals surface area contributed by atoms with Crippen molar-refractivity contribution in [2.24, 2.45) is 0 Å². The highest BCUT2D eigenvalue weighted by molar-refractivity contribution is 5.94. The predicted molar refractivity (Wildman–Crippen MR) is 86.3 cm³/mol. The summed E-state index contributed by atoms with van der Waals surface area (Å²) in [5.41, 5.74) is 0.614. The Labute approximate surface area is 145 Å². The van der Waals surface area contributed by atoms with Crippen molar-refractivity contribution in [2.75, 3.05) is 13.1 Å². The van der Waals surface area contributed by atoms with Gasteiger partial charge in [0.25, 0.3) is 0 Å². The first-order valence-corrected chi connectivity index (χ1v) is 8.35. The van der Waals surface area contributed by atoms with Gasteiger partial charge in [0.05, 0.1) is 24.8 Å². The first-order chi connectivity index (χ1) is 11.7. The highest BCUT2D eigenvalue weighted by atomic mass is 16.6. The molecule has 1 aromatic carbocycles. The molecule has 0 aromatic heterocycles. The Bertz CT molecular complexity index is 760. The van der Waals surface area contributed by atoms with Crippen LogP contribution in [0.15, 0.2) is 12.1 Å². The monoisotopic (exact) mass is 347 g/mol. The van der Waals surface area contributed by atoms with Crippen LogP contribution in [-0.2, 0) is 16.1 Å². The number of benzene rings is 1. The van der Waals surface area contributed by atoms with Crippen LogP contribution in [0.1, 0.15) is 54.8 Å². The highest BCUT2D eigenvalue weighted by Crippen LogP contribution is 2.47. The van der Waals surface area contributed by atoms with Gasteiger partial charge >= 0.3 is 12.1 Å². The van der Waals surface area contributed by atoms with Gasteiger partial charge in [0.15, 0.2) is 0 Å². The lowest BCUT2D eigenvalue weighted by molar-refractivity contribution is -0.114. The normalized spacial score (nSPS) is 23.3. The molecule has 1 N–H and O–H groups in total. The summed E-state index contributed by atoms with van der Waals surface area (Å²) in [7, 11) is 0. The molecule has 1 saturated heterocycles. The van der Waals surface area contributed by atoms with E-state index in [1.54, 1.807) is 17.0 Å². The number of carbonyl (C=O) groups excluding carboxylic acids is 2. The minimum Gasteiger partial charge on any atom is -0.483 e. The molecule has 7 nitrogen and oxygen atoms in total. The number of hydrogen-bond acceptors (Lipinski definition) is 6. The largest absolute Gasteiger partial charge is 0.483 e. The zero-order chi connectivity index (χ0) is 18.0. The number of nitrogens with zero attached hydrogens (tertiary/aromatic N) is 1. The number of aliphatic hydroxyl groups excluding tert-OH is 1. The highest BCUT2D eigenvalue weighted by Gasteiger charge is 2.53. The first-order valence-electron chi connectivity index (χ1n) is 8.35. The number of ether oxygens (including phenoxy) is 3. The summed E-state index contributed by atoms with van der Waals surface area (Å²) in [4.78, 5) is 25.5. The summed E-state index contributed by atoms with van der Waals surface area (Å²) < 4.78 is 16.6. The molecule has 0 aliphatic carbocycles. The minimum atomic E-state index is -0.703. The fraction of sp³-hybridized carbons (Fsp3) is 0.556. The summed E-state index contributed by atoms with van der Waals surface area (Å²) in [5.74, 6) is 0.144. The predicted octanol–water partition coefficient (Wildman–Crippen LogP) is 2.16. The van der Waals surface area contributed by atoms with Crippen LogP contribution in [-0.4, -0.2) is 46.4 Å². The summed E-state index contributed by atoms with van der Waals surface area (Å²) >= 11 is 0. The van der Waals surface area contributed by atoms with E-state index in [1.165, 1.54) is 0 Å². The third kappa shape index (κ3) is 2.63. The van der Waals surface area contributed by atoms with E-state index in [2.05, 4.69) is 0 Å². The van der Waals surface area contributed by atoms with E-state index in [-0.39, 0.29) is 18.7 Å². The molecule has 1 amide bonds. The Kier molecular flexibility index (Phi) is 3.31. The van der Waals surface area contributed by atoms with Gasteiger partial charge in [-0.1, -0.05) is 6.07 Å². The third-order valence-electron chi connectivity index (χ3n) is 4.71. The third-order valence-corrected chi connectivity index (χ3v) is 4.71. The smallest absolute Gasteiger partial charge is 0.410 e. The van der Waals surface area contributed by atoms with Gasteiger partial charge in [-0.25, -0.2) is 9.59 Å². The molecule has 0 saturated carbocycles. The number of rotatable bonds is 0. The van der Waals surface area contributed by atoms with Crippen molar-refractivity contribution in [3.8, 4) is 5.75 Å². The fourth-order valence-corrected chi connectivity index (χ4v) is 3.60. The average Bonchev–Trinajstić information content (AvgIpc) is 2.84. The standard InChI is InChI=1S/C18H21NO6/c1-17(2,3)25-16(22)19-8-18(9-19)6-13(20)11-5-4-10-12(14(11)24-18)7-23-15(10)21/h4-5,13,20H,6-9H2,1-3H3. The van der Waals surface area contributed by atoms with Crippen LogP contribution >= 0.6 is 0 Å².